The third kappa shape index (κ3) is 1.40. The summed E-state index contributed by atoms with van der Waals surface area (Å²) in [6.45, 7) is 6.02. The average molecular weight is 194 g/mol. The predicted octanol–water partition coefficient (Wildman–Crippen LogP) is 1.52. The van der Waals surface area contributed by atoms with E-state index < -0.39 is 0 Å². The first-order chi connectivity index (χ1) is 6.70. The first kappa shape index (κ1) is 9.17. The molecule has 2 N–H and O–H groups in total. The Bertz CT molecular complexity index is 220. The second kappa shape index (κ2) is 2.96. The van der Waals surface area contributed by atoms with Crippen LogP contribution >= 0.6 is 0 Å². The average Bonchev–Trinajstić information content (AvgIpc) is 1.95. The van der Waals surface area contributed by atoms with Gasteiger partial charge in [0.2, 0.25) is 0 Å². The zero-order valence-corrected chi connectivity index (χ0v) is 9.23. The molecule has 2 saturated carbocycles. The lowest BCUT2D eigenvalue weighted by Gasteiger charge is -2.55. The second-order valence-corrected chi connectivity index (χ2v) is 6.25. The second-order valence-electron chi connectivity index (χ2n) is 6.25. The molecule has 0 atom stereocenters. The van der Waals surface area contributed by atoms with Crippen molar-refractivity contribution in [3.63, 3.8) is 0 Å². The lowest BCUT2D eigenvalue weighted by Crippen LogP contribution is -2.60. The molecule has 0 aromatic carbocycles. The minimum absolute atomic E-state index is 0.558. The van der Waals surface area contributed by atoms with E-state index in [9.17, 15) is 0 Å². The third-order valence-corrected chi connectivity index (χ3v) is 4.69. The molecule has 3 aliphatic rings. The van der Waals surface area contributed by atoms with E-state index in [0.29, 0.717) is 5.41 Å². The smallest absolute Gasteiger partial charge is 0.00779 e. The molecule has 0 radical (unpaired) electrons. The molecule has 1 spiro atoms. The van der Waals surface area contributed by atoms with E-state index in [1.807, 2.05) is 0 Å². The summed E-state index contributed by atoms with van der Waals surface area (Å²) in [6.07, 6.45) is 7.47. The van der Waals surface area contributed by atoms with Gasteiger partial charge in [-0.05, 0) is 31.1 Å². The van der Waals surface area contributed by atoms with E-state index in [-0.39, 0.29) is 0 Å². The molecular formula is C12H22N2. The summed E-state index contributed by atoms with van der Waals surface area (Å²) in [6, 6.07) is 0.854. The van der Waals surface area contributed by atoms with E-state index in [1.165, 1.54) is 51.7 Å². The molecule has 1 saturated heterocycles. The molecule has 80 valence electrons. The summed E-state index contributed by atoms with van der Waals surface area (Å²) >= 11 is 0. The van der Waals surface area contributed by atoms with Crippen LogP contribution in [0.4, 0.5) is 0 Å². The van der Waals surface area contributed by atoms with Crippen molar-refractivity contribution in [1.29, 1.82) is 0 Å². The van der Waals surface area contributed by atoms with Crippen LogP contribution in [0.3, 0.4) is 0 Å². The number of nitrogens with one attached hydrogen (secondary N) is 2. The Balaban J connectivity index is 1.39. The first-order valence-electron chi connectivity index (χ1n) is 6.14. The topological polar surface area (TPSA) is 24.1 Å². The summed E-state index contributed by atoms with van der Waals surface area (Å²) < 4.78 is 0. The molecule has 0 aromatic rings. The molecule has 0 aromatic heterocycles. The molecule has 2 nitrogen and oxygen atoms in total. The van der Waals surface area contributed by atoms with E-state index in [1.54, 1.807) is 0 Å². The van der Waals surface area contributed by atoms with Crippen LogP contribution in [0.5, 0.6) is 0 Å². The summed E-state index contributed by atoms with van der Waals surface area (Å²) in [5, 5.41) is 7.11. The fraction of sp³-hybridized carbons (Fsp3) is 1.00. The Morgan fingerprint density at radius 1 is 1.29 bits per heavy atom. The molecule has 2 aliphatic carbocycles. The highest BCUT2D eigenvalue weighted by molar-refractivity contribution is 5.03. The molecule has 14 heavy (non-hydrogen) atoms. The quantitative estimate of drug-likeness (QED) is 0.712. The van der Waals surface area contributed by atoms with Crippen molar-refractivity contribution in [2.45, 2.75) is 45.1 Å². The van der Waals surface area contributed by atoms with Crippen molar-refractivity contribution in [1.82, 2.24) is 10.6 Å². The minimum Gasteiger partial charge on any atom is -0.315 e. The normalized spacial score (nSPS) is 33.2. The molecule has 0 amide bonds. The van der Waals surface area contributed by atoms with Gasteiger partial charge in [0, 0.05) is 31.1 Å². The summed E-state index contributed by atoms with van der Waals surface area (Å²) in [5.74, 6) is 0. The SMILES string of the molecule is CC1(CNC2CC3(CCC3)C2)CNC1. The molecule has 0 bridgehead atoms. The number of hydrogen-bond acceptors (Lipinski definition) is 2. The van der Waals surface area contributed by atoms with Gasteiger partial charge in [0.15, 0.2) is 0 Å². The Hall–Kier alpha value is -0.0800. The monoisotopic (exact) mass is 194 g/mol. The van der Waals surface area contributed by atoms with Crippen LogP contribution in [0.1, 0.15) is 39.0 Å². The van der Waals surface area contributed by atoms with Gasteiger partial charge < -0.3 is 10.6 Å². The maximum Gasteiger partial charge on any atom is 0.00779 e. The van der Waals surface area contributed by atoms with Gasteiger partial charge in [-0.2, -0.15) is 0 Å². The molecular weight excluding hydrogens is 172 g/mol. The van der Waals surface area contributed by atoms with Gasteiger partial charge in [0.25, 0.3) is 0 Å². The number of hydrogen-bond donors (Lipinski definition) is 2. The molecule has 0 unspecified atom stereocenters. The summed E-state index contributed by atoms with van der Waals surface area (Å²) in [7, 11) is 0. The van der Waals surface area contributed by atoms with Gasteiger partial charge in [-0.15, -0.1) is 0 Å². The Labute approximate surface area is 86.8 Å². The largest absolute Gasteiger partial charge is 0.315 e. The van der Waals surface area contributed by atoms with Gasteiger partial charge in [-0.1, -0.05) is 13.3 Å². The molecule has 3 rings (SSSR count). The van der Waals surface area contributed by atoms with E-state index in [0.717, 1.165) is 11.5 Å². The summed E-state index contributed by atoms with van der Waals surface area (Å²) in [5.41, 5.74) is 1.39. The highest BCUT2D eigenvalue weighted by Crippen LogP contribution is 2.55. The fourth-order valence-corrected chi connectivity index (χ4v) is 3.28. The molecule has 1 aliphatic heterocycles. The summed E-state index contributed by atoms with van der Waals surface area (Å²) in [4.78, 5) is 0. The molecule has 2 heteroatoms. The first-order valence-corrected chi connectivity index (χ1v) is 6.14. The zero-order valence-electron chi connectivity index (χ0n) is 9.23. The van der Waals surface area contributed by atoms with Crippen LogP contribution < -0.4 is 10.6 Å². The third-order valence-electron chi connectivity index (χ3n) is 4.69. The highest BCUT2D eigenvalue weighted by Gasteiger charge is 2.48. The minimum atomic E-state index is 0.558. The lowest BCUT2D eigenvalue weighted by molar-refractivity contribution is -0.00751. The Morgan fingerprint density at radius 3 is 2.43 bits per heavy atom. The predicted molar refractivity (Wildman–Crippen MR) is 58.3 cm³/mol. The van der Waals surface area contributed by atoms with Crippen LogP contribution in [0.25, 0.3) is 0 Å². The number of rotatable bonds is 3. The highest BCUT2D eigenvalue weighted by atomic mass is 15.0. The molecule has 1 heterocycles. The van der Waals surface area contributed by atoms with Crippen molar-refractivity contribution in [3.05, 3.63) is 0 Å². The van der Waals surface area contributed by atoms with Crippen LogP contribution in [-0.4, -0.2) is 25.7 Å². The van der Waals surface area contributed by atoms with Crippen LogP contribution in [0, 0.1) is 10.8 Å². The van der Waals surface area contributed by atoms with Gasteiger partial charge in [-0.25, -0.2) is 0 Å². The lowest BCUT2D eigenvalue weighted by atomic mass is 9.54. The van der Waals surface area contributed by atoms with Gasteiger partial charge in [0.05, 0.1) is 0 Å². The van der Waals surface area contributed by atoms with Crippen LogP contribution in [-0.2, 0) is 0 Å². The van der Waals surface area contributed by atoms with Crippen molar-refractivity contribution in [3.8, 4) is 0 Å². The Morgan fingerprint density at radius 2 is 2.00 bits per heavy atom. The maximum absolute atomic E-state index is 3.74. The van der Waals surface area contributed by atoms with Crippen LogP contribution in [0.15, 0.2) is 0 Å². The van der Waals surface area contributed by atoms with Gasteiger partial charge >= 0.3 is 0 Å². The van der Waals surface area contributed by atoms with Crippen molar-refractivity contribution in [2.24, 2.45) is 10.8 Å². The van der Waals surface area contributed by atoms with E-state index >= 15 is 0 Å². The maximum atomic E-state index is 3.74. The van der Waals surface area contributed by atoms with Crippen molar-refractivity contribution < 1.29 is 0 Å². The van der Waals surface area contributed by atoms with Crippen molar-refractivity contribution in [2.75, 3.05) is 19.6 Å². The van der Waals surface area contributed by atoms with Gasteiger partial charge in [-0.3, -0.25) is 0 Å². The molecule has 3 fully saturated rings. The van der Waals surface area contributed by atoms with Crippen molar-refractivity contribution >= 4 is 0 Å². The zero-order chi connectivity index (χ0) is 9.65. The standard InChI is InChI=1S/C12H22N2/c1-11(7-13-8-11)9-14-10-5-12(6-10)3-2-4-12/h10,13-14H,2-9H2,1H3. The van der Waals surface area contributed by atoms with Crippen LogP contribution in [0.2, 0.25) is 0 Å². The fourth-order valence-electron chi connectivity index (χ4n) is 3.28. The Kier molecular flexibility index (Phi) is 1.94. The van der Waals surface area contributed by atoms with E-state index in [4.69, 9.17) is 0 Å². The van der Waals surface area contributed by atoms with Gasteiger partial charge in [0.1, 0.15) is 0 Å². The van der Waals surface area contributed by atoms with E-state index in [2.05, 4.69) is 17.6 Å².